The van der Waals surface area contributed by atoms with E-state index in [9.17, 15) is 9.59 Å². The Morgan fingerprint density at radius 2 is 1.59 bits per heavy atom. The number of carbonyl (C=O) groups excluding carboxylic acids is 2. The van der Waals surface area contributed by atoms with Crippen molar-refractivity contribution in [1.29, 1.82) is 0 Å². The highest BCUT2D eigenvalue weighted by atomic mass is 16.5. The number of para-hydroxylation sites is 1. The minimum Gasteiger partial charge on any atom is -0.497 e. The van der Waals surface area contributed by atoms with Crippen molar-refractivity contribution in [3.63, 3.8) is 0 Å². The molecule has 0 fully saturated rings. The molecule has 1 amide bonds. The molecule has 0 saturated carbocycles. The van der Waals surface area contributed by atoms with Crippen LogP contribution < -0.4 is 9.64 Å². The minimum atomic E-state index is -0.503. The van der Waals surface area contributed by atoms with E-state index in [2.05, 4.69) is 4.98 Å². The van der Waals surface area contributed by atoms with Gasteiger partial charge >= 0.3 is 5.97 Å². The predicted molar refractivity (Wildman–Crippen MR) is 123 cm³/mol. The van der Waals surface area contributed by atoms with Gasteiger partial charge in [0.2, 0.25) is 0 Å². The highest BCUT2D eigenvalue weighted by molar-refractivity contribution is 6.14. The maximum Gasteiger partial charge on any atom is 0.326 e. The second-order valence-corrected chi connectivity index (χ2v) is 7.11. The number of methoxy groups -OCH3 is 1. The molecule has 32 heavy (non-hydrogen) atoms. The van der Waals surface area contributed by atoms with Crippen molar-refractivity contribution in [3.8, 4) is 5.75 Å². The van der Waals surface area contributed by atoms with Crippen LogP contribution in [0.4, 0.5) is 5.69 Å². The average molecular weight is 426 g/mol. The van der Waals surface area contributed by atoms with Crippen molar-refractivity contribution in [2.24, 2.45) is 0 Å². The van der Waals surface area contributed by atoms with E-state index in [1.165, 1.54) is 4.90 Å². The maximum absolute atomic E-state index is 13.6. The molecule has 0 radical (unpaired) electrons. The van der Waals surface area contributed by atoms with E-state index < -0.39 is 5.97 Å². The van der Waals surface area contributed by atoms with Gasteiger partial charge in [-0.2, -0.15) is 0 Å². The SMILES string of the molecule is COc1ccc(N(CC(=O)OCc2ccccc2)C(=O)c2ccnc3ccccc23)cc1. The molecule has 3 aromatic carbocycles. The Morgan fingerprint density at radius 1 is 0.875 bits per heavy atom. The van der Waals surface area contributed by atoms with E-state index in [0.717, 1.165) is 10.9 Å². The summed E-state index contributed by atoms with van der Waals surface area (Å²) < 4.78 is 10.6. The lowest BCUT2D eigenvalue weighted by atomic mass is 10.1. The van der Waals surface area contributed by atoms with Crippen LogP contribution in [0, 0.1) is 0 Å². The van der Waals surface area contributed by atoms with E-state index in [1.807, 2.05) is 54.6 Å². The predicted octanol–water partition coefficient (Wildman–Crippen LogP) is 4.63. The third-order valence-electron chi connectivity index (χ3n) is 5.04. The van der Waals surface area contributed by atoms with Gasteiger partial charge in [0, 0.05) is 17.3 Å². The minimum absolute atomic E-state index is 0.141. The van der Waals surface area contributed by atoms with Crippen LogP contribution in [0.2, 0.25) is 0 Å². The van der Waals surface area contributed by atoms with Gasteiger partial charge in [-0.25, -0.2) is 0 Å². The number of aromatic nitrogens is 1. The van der Waals surface area contributed by atoms with Gasteiger partial charge in [-0.05, 0) is 42.0 Å². The lowest BCUT2D eigenvalue weighted by Crippen LogP contribution is -2.36. The summed E-state index contributed by atoms with van der Waals surface area (Å²) >= 11 is 0. The highest BCUT2D eigenvalue weighted by Crippen LogP contribution is 2.24. The number of pyridine rings is 1. The van der Waals surface area contributed by atoms with Crippen LogP contribution >= 0.6 is 0 Å². The zero-order valence-corrected chi connectivity index (χ0v) is 17.6. The fourth-order valence-corrected chi connectivity index (χ4v) is 3.38. The van der Waals surface area contributed by atoms with E-state index in [1.54, 1.807) is 43.6 Å². The fraction of sp³-hybridized carbons (Fsp3) is 0.115. The lowest BCUT2D eigenvalue weighted by molar-refractivity contribution is -0.143. The lowest BCUT2D eigenvalue weighted by Gasteiger charge is -2.23. The van der Waals surface area contributed by atoms with E-state index in [-0.39, 0.29) is 19.1 Å². The monoisotopic (exact) mass is 426 g/mol. The zero-order valence-electron chi connectivity index (χ0n) is 17.6. The Labute approximate surface area is 186 Å². The Hall–Kier alpha value is -4.19. The second-order valence-electron chi connectivity index (χ2n) is 7.11. The van der Waals surface area contributed by atoms with Crippen LogP contribution in [0.1, 0.15) is 15.9 Å². The number of ether oxygens (including phenoxy) is 2. The maximum atomic E-state index is 13.6. The summed E-state index contributed by atoms with van der Waals surface area (Å²) in [5, 5.41) is 0.719. The number of amides is 1. The number of hydrogen-bond acceptors (Lipinski definition) is 5. The number of nitrogens with zero attached hydrogens (tertiary/aromatic N) is 2. The van der Waals surface area contributed by atoms with Gasteiger partial charge in [0.05, 0.1) is 18.2 Å². The molecule has 0 aliphatic heterocycles. The molecule has 6 nitrogen and oxygen atoms in total. The molecular weight excluding hydrogens is 404 g/mol. The molecule has 0 spiro atoms. The Bertz CT molecular complexity index is 1220. The second kappa shape index (κ2) is 9.75. The number of benzene rings is 3. The molecule has 0 aliphatic carbocycles. The third kappa shape index (κ3) is 4.75. The summed E-state index contributed by atoms with van der Waals surface area (Å²) in [6.07, 6.45) is 1.59. The van der Waals surface area contributed by atoms with Crippen LogP contribution in [0.25, 0.3) is 10.9 Å². The number of rotatable bonds is 7. The van der Waals surface area contributed by atoms with E-state index in [4.69, 9.17) is 9.47 Å². The van der Waals surface area contributed by atoms with Crippen molar-refractivity contribution in [2.75, 3.05) is 18.6 Å². The first-order valence-corrected chi connectivity index (χ1v) is 10.1. The van der Waals surface area contributed by atoms with Crippen molar-refractivity contribution in [1.82, 2.24) is 4.98 Å². The quantitative estimate of drug-likeness (QED) is 0.403. The van der Waals surface area contributed by atoms with Crippen LogP contribution in [-0.4, -0.2) is 30.5 Å². The molecular formula is C26H22N2O4. The number of carbonyl (C=O) groups is 2. The fourth-order valence-electron chi connectivity index (χ4n) is 3.38. The third-order valence-corrected chi connectivity index (χ3v) is 5.04. The highest BCUT2D eigenvalue weighted by Gasteiger charge is 2.23. The Morgan fingerprint density at radius 3 is 2.34 bits per heavy atom. The molecule has 0 N–H and O–H groups in total. The topological polar surface area (TPSA) is 68.7 Å². The zero-order chi connectivity index (χ0) is 22.3. The summed E-state index contributed by atoms with van der Waals surface area (Å²) in [4.78, 5) is 32.0. The first-order chi connectivity index (χ1) is 15.7. The van der Waals surface area contributed by atoms with Gasteiger partial charge in [0.1, 0.15) is 18.9 Å². The van der Waals surface area contributed by atoms with Gasteiger partial charge in [-0.3, -0.25) is 19.5 Å². The molecule has 0 atom stereocenters. The van der Waals surface area contributed by atoms with Crippen LogP contribution in [0.3, 0.4) is 0 Å². The molecule has 4 rings (SSSR count). The molecule has 0 unspecified atom stereocenters. The number of fused-ring (bicyclic) bond motifs is 1. The largest absolute Gasteiger partial charge is 0.497 e. The van der Waals surface area contributed by atoms with Crippen LogP contribution in [0.15, 0.2) is 91.1 Å². The van der Waals surface area contributed by atoms with Gasteiger partial charge in [-0.1, -0.05) is 48.5 Å². The summed E-state index contributed by atoms with van der Waals surface area (Å²) in [6, 6.07) is 25.5. The Kier molecular flexibility index (Phi) is 6.41. The summed E-state index contributed by atoms with van der Waals surface area (Å²) in [6.45, 7) is -0.0862. The van der Waals surface area contributed by atoms with Gasteiger partial charge < -0.3 is 9.47 Å². The summed E-state index contributed by atoms with van der Waals surface area (Å²) in [5.74, 6) is -0.163. The van der Waals surface area contributed by atoms with Gasteiger partial charge in [-0.15, -0.1) is 0 Å². The number of hydrogen-bond donors (Lipinski definition) is 0. The molecule has 1 aromatic heterocycles. The number of esters is 1. The van der Waals surface area contributed by atoms with Crippen molar-refractivity contribution >= 4 is 28.5 Å². The van der Waals surface area contributed by atoms with Crippen molar-refractivity contribution in [3.05, 3.63) is 102 Å². The first kappa shape index (κ1) is 21.1. The summed E-state index contributed by atoms with van der Waals surface area (Å²) in [5.41, 5.74) is 2.61. The van der Waals surface area contributed by atoms with E-state index >= 15 is 0 Å². The Balaban J connectivity index is 1.62. The molecule has 0 aliphatic rings. The molecule has 1 heterocycles. The van der Waals surface area contributed by atoms with Crippen molar-refractivity contribution in [2.45, 2.75) is 6.61 Å². The first-order valence-electron chi connectivity index (χ1n) is 10.1. The molecule has 6 heteroatoms. The standard InChI is InChI=1S/C26H22N2O4/c1-31-21-13-11-20(12-14-21)28(17-25(29)32-18-19-7-3-2-4-8-19)26(30)23-15-16-27-24-10-6-5-9-22(23)24/h2-16H,17-18H2,1H3. The van der Waals surface area contributed by atoms with Crippen LogP contribution in [-0.2, 0) is 16.1 Å². The summed E-state index contributed by atoms with van der Waals surface area (Å²) in [7, 11) is 1.57. The van der Waals surface area contributed by atoms with E-state index in [0.29, 0.717) is 22.5 Å². The van der Waals surface area contributed by atoms with Crippen LogP contribution in [0.5, 0.6) is 5.75 Å². The normalized spacial score (nSPS) is 10.5. The molecule has 4 aromatic rings. The van der Waals surface area contributed by atoms with Gasteiger partial charge in [0.15, 0.2) is 0 Å². The molecule has 0 bridgehead atoms. The smallest absolute Gasteiger partial charge is 0.326 e. The molecule has 0 saturated heterocycles. The van der Waals surface area contributed by atoms with Gasteiger partial charge in [0.25, 0.3) is 5.91 Å². The average Bonchev–Trinajstić information content (AvgIpc) is 2.86. The molecule has 160 valence electrons. The number of anilines is 1. The van der Waals surface area contributed by atoms with Crippen molar-refractivity contribution < 1.29 is 19.1 Å².